The second-order valence-electron chi connectivity index (χ2n) is 9.58. The van der Waals surface area contributed by atoms with E-state index in [-0.39, 0.29) is 17.9 Å². The van der Waals surface area contributed by atoms with Crippen LogP contribution in [0.15, 0.2) is 54.6 Å². The van der Waals surface area contributed by atoms with Crippen LogP contribution in [0.25, 0.3) is 10.9 Å². The van der Waals surface area contributed by atoms with E-state index in [0.29, 0.717) is 37.8 Å². The molecular formula is C27H33N5O2. The van der Waals surface area contributed by atoms with Crippen LogP contribution in [0.4, 0.5) is 0 Å². The number of H-pyrrole nitrogens is 1. The lowest BCUT2D eigenvalue weighted by atomic mass is 9.90. The summed E-state index contributed by atoms with van der Waals surface area (Å²) in [6.07, 6.45) is 3.22. The Bertz CT molecular complexity index is 1130. The van der Waals surface area contributed by atoms with Crippen LogP contribution in [0, 0.1) is 5.92 Å². The van der Waals surface area contributed by atoms with Crippen molar-refractivity contribution in [2.45, 2.75) is 32.2 Å². The number of amides is 2. The highest BCUT2D eigenvalue weighted by Gasteiger charge is 2.32. The molecule has 2 aliphatic heterocycles. The Balaban J connectivity index is 1.11. The van der Waals surface area contributed by atoms with E-state index >= 15 is 0 Å². The van der Waals surface area contributed by atoms with Gasteiger partial charge in [-0.3, -0.25) is 19.6 Å². The first kappa shape index (κ1) is 22.6. The standard InChI is InChI=1S/C27H33N5O2/c1-20(26(33)31-13-11-22(12-14-31)19-21-7-3-2-4-8-21)30-15-17-32(18-16-30)27(34)25-23-9-5-6-10-24(23)28-29-25/h2-10,20,22H,11-19H2,1H3,(H,28,29). The van der Waals surface area contributed by atoms with Gasteiger partial charge in [-0.25, -0.2) is 0 Å². The third-order valence-electron chi connectivity index (χ3n) is 7.47. The Hall–Kier alpha value is -3.19. The molecule has 0 spiro atoms. The molecule has 2 aliphatic rings. The Morgan fingerprint density at radius 2 is 1.59 bits per heavy atom. The minimum Gasteiger partial charge on any atom is -0.341 e. The lowest BCUT2D eigenvalue weighted by Crippen LogP contribution is -2.56. The van der Waals surface area contributed by atoms with Gasteiger partial charge in [0, 0.05) is 44.7 Å². The van der Waals surface area contributed by atoms with Gasteiger partial charge < -0.3 is 9.80 Å². The summed E-state index contributed by atoms with van der Waals surface area (Å²) in [4.78, 5) is 32.4. The van der Waals surface area contributed by atoms with Gasteiger partial charge in [0.25, 0.3) is 5.91 Å². The minimum absolute atomic E-state index is 0.0448. The highest BCUT2D eigenvalue weighted by molar-refractivity contribution is 6.04. The maximum atomic E-state index is 13.2. The summed E-state index contributed by atoms with van der Waals surface area (Å²) in [5.74, 6) is 0.822. The molecule has 7 nitrogen and oxygen atoms in total. The number of likely N-dealkylation sites (tertiary alicyclic amines) is 1. The van der Waals surface area contributed by atoms with Crippen LogP contribution >= 0.6 is 0 Å². The molecule has 2 fully saturated rings. The normalized spacial score (nSPS) is 18.9. The number of carbonyl (C=O) groups is 2. The van der Waals surface area contributed by atoms with Crippen molar-refractivity contribution in [3.8, 4) is 0 Å². The van der Waals surface area contributed by atoms with E-state index in [1.807, 2.05) is 41.0 Å². The number of benzene rings is 2. The molecule has 1 unspecified atom stereocenters. The van der Waals surface area contributed by atoms with Crippen molar-refractivity contribution < 1.29 is 9.59 Å². The molecule has 34 heavy (non-hydrogen) atoms. The molecule has 1 N–H and O–H groups in total. The van der Waals surface area contributed by atoms with Crippen LogP contribution in [0.5, 0.6) is 0 Å². The van der Waals surface area contributed by atoms with E-state index in [4.69, 9.17) is 0 Å². The molecule has 2 saturated heterocycles. The van der Waals surface area contributed by atoms with Gasteiger partial charge in [-0.15, -0.1) is 0 Å². The zero-order valence-corrected chi connectivity index (χ0v) is 19.8. The number of nitrogens with one attached hydrogen (secondary N) is 1. The number of hydrogen-bond donors (Lipinski definition) is 1. The zero-order chi connectivity index (χ0) is 23.5. The van der Waals surface area contributed by atoms with Gasteiger partial charge in [0.15, 0.2) is 5.69 Å². The zero-order valence-electron chi connectivity index (χ0n) is 19.8. The maximum absolute atomic E-state index is 13.2. The predicted octanol–water partition coefficient (Wildman–Crippen LogP) is 3.19. The number of para-hydroxylation sites is 1. The summed E-state index contributed by atoms with van der Waals surface area (Å²) < 4.78 is 0. The highest BCUT2D eigenvalue weighted by atomic mass is 16.2. The van der Waals surface area contributed by atoms with Crippen molar-refractivity contribution in [1.29, 1.82) is 0 Å². The fourth-order valence-corrected chi connectivity index (χ4v) is 5.31. The quantitative estimate of drug-likeness (QED) is 0.636. The average Bonchev–Trinajstić information content (AvgIpc) is 3.33. The van der Waals surface area contributed by atoms with Crippen LogP contribution in [0.1, 0.15) is 35.8 Å². The summed E-state index contributed by atoms with van der Waals surface area (Å²) in [7, 11) is 0. The summed E-state index contributed by atoms with van der Waals surface area (Å²) in [5.41, 5.74) is 2.73. The van der Waals surface area contributed by atoms with Crippen molar-refractivity contribution in [3.63, 3.8) is 0 Å². The number of aromatic amines is 1. The van der Waals surface area contributed by atoms with E-state index in [1.54, 1.807) is 0 Å². The summed E-state index contributed by atoms with van der Waals surface area (Å²) in [6.45, 7) is 6.30. The Morgan fingerprint density at radius 1 is 0.912 bits per heavy atom. The maximum Gasteiger partial charge on any atom is 0.275 e. The summed E-state index contributed by atoms with van der Waals surface area (Å²) >= 11 is 0. The number of rotatable bonds is 5. The van der Waals surface area contributed by atoms with Crippen molar-refractivity contribution >= 4 is 22.7 Å². The largest absolute Gasteiger partial charge is 0.341 e. The number of piperidine rings is 1. The van der Waals surface area contributed by atoms with Gasteiger partial charge in [-0.1, -0.05) is 48.5 Å². The number of aromatic nitrogens is 2. The average molecular weight is 460 g/mol. The molecule has 0 radical (unpaired) electrons. The van der Waals surface area contributed by atoms with Crippen molar-refractivity contribution in [2.24, 2.45) is 5.92 Å². The topological polar surface area (TPSA) is 72.5 Å². The van der Waals surface area contributed by atoms with Crippen LogP contribution < -0.4 is 0 Å². The lowest BCUT2D eigenvalue weighted by Gasteiger charge is -2.40. The molecule has 2 aromatic carbocycles. The smallest absolute Gasteiger partial charge is 0.275 e. The van der Waals surface area contributed by atoms with Gasteiger partial charge in [-0.05, 0) is 43.7 Å². The molecule has 1 aromatic heterocycles. The van der Waals surface area contributed by atoms with Gasteiger partial charge in [0.05, 0.1) is 11.6 Å². The SMILES string of the molecule is CC(C(=O)N1CCC(Cc2ccccc2)CC1)N1CCN(C(=O)c2n[nH]c3ccccc23)CC1. The molecule has 3 aromatic rings. The number of nitrogens with zero attached hydrogens (tertiary/aromatic N) is 4. The number of piperazine rings is 1. The summed E-state index contributed by atoms with van der Waals surface area (Å²) in [5, 5.41) is 8.06. The number of fused-ring (bicyclic) bond motifs is 1. The first-order valence-corrected chi connectivity index (χ1v) is 12.4. The lowest BCUT2D eigenvalue weighted by molar-refractivity contribution is -0.138. The molecule has 0 saturated carbocycles. The first-order chi connectivity index (χ1) is 16.6. The van der Waals surface area contributed by atoms with Crippen LogP contribution in [-0.4, -0.2) is 82.0 Å². The van der Waals surface area contributed by atoms with E-state index in [2.05, 4.69) is 45.4 Å². The first-order valence-electron chi connectivity index (χ1n) is 12.4. The van der Waals surface area contributed by atoms with Crippen LogP contribution in [0.2, 0.25) is 0 Å². The monoisotopic (exact) mass is 459 g/mol. The van der Waals surface area contributed by atoms with E-state index in [9.17, 15) is 9.59 Å². The van der Waals surface area contributed by atoms with E-state index < -0.39 is 0 Å². The van der Waals surface area contributed by atoms with Gasteiger partial charge >= 0.3 is 0 Å². The third kappa shape index (κ3) is 4.71. The van der Waals surface area contributed by atoms with E-state index in [0.717, 1.165) is 43.3 Å². The summed E-state index contributed by atoms with van der Waals surface area (Å²) in [6, 6.07) is 18.2. The number of carbonyl (C=O) groups excluding carboxylic acids is 2. The van der Waals surface area contributed by atoms with Crippen LogP contribution in [0.3, 0.4) is 0 Å². The Kier molecular flexibility index (Phi) is 6.63. The predicted molar refractivity (Wildman–Crippen MR) is 132 cm³/mol. The molecule has 0 bridgehead atoms. The molecule has 0 aliphatic carbocycles. The Labute approximate surface area is 200 Å². The van der Waals surface area contributed by atoms with Gasteiger partial charge in [0.1, 0.15) is 0 Å². The molecule has 178 valence electrons. The molecular weight excluding hydrogens is 426 g/mol. The minimum atomic E-state index is -0.158. The Morgan fingerprint density at radius 3 is 2.32 bits per heavy atom. The second-order valence-corrected chi connectivity index (χ2v) is 9.58. The van der Waals surface area contributed by atoms with Gasteiger partial charge in [0.2, 0.25) is 5.91 Å². The van der Waals surface area contributed by atoms with Crippen LogP contribution in [-0.2, 0) is 11.2 Å². The molecule has 7 heteroatoms. The van der Waals surface area contributed by atoms with Gasteiger partial charge in [-0.2, -0.15) is 5.10 Å². The second kappa shape index (κ2) is 9.97. The van der Waals surface area contributed by atoms with Crippen molar-refractivity contribution in [1.82, 2.24) is 24.9 Å². The highest BCUT2D eigenvalue weighted by Crippen LogP contribution is 2.23. The van der Waals surface area contributed by atoms with E-state index in [1.165, 1.54) is 5.56 Å². The fraction of sp³-hybridized carbons (Fsp3) is 0.444. The number of hydrogen-bond acceptors (Lipinski definition) is 4. The van der Waals surface area contributed by atoms with Crippen molar-refractivity contribution in [2.75, 3.05) is 39.3 Å². The van der Waals surface area contributed by atoms with Crippen molar-refractivity contribution in [3.05, 3.63) is 65.9 Å². The fourth-order valence-electron chi connectivity index (χ4n) is 5.31. The molecule has 2 amide bonds. The molecule has 5 rings (SSSR count). The molecule has 1 atom stereocenters. The third-order valence-corrected chi connectivity index (χ3v) is 7.47. The molecule has 3 heterocycles.